The fourth-order valence-corrected chi connectivity index (χ4v) is 3.39. The van der Waals surface area contributed by atoms with Crippen molar-refractivity contribution in [2.45, 2.75) is 5.75 Å². The minimum atomic E-state index is -3.61. The van der Waals surface area contributed by atoms with Crippen LogP contribution in [0, 0.1) is 5.82 Å². The summed E-state index contributed by atoms with van der Waals surface area (Å²) in [6.45, 7) is 0. The fraction of sp³-hybridized carbons (Fsp3) is 0.0556. The summed E-state index contributed by atoms with van der Waals surface area (Å²) in [5.41, 5.74) is 2.41. The first-order chi connectivity index (χ1) is 11.5. The average molecular weight is 342 g/mol. The van der Waals surface area contributed by atoms with E-state index in [4.69, 9.17) is 0 Å². The van der Waals surface area contributed by atoms with E-state index in [-0.39, 0.29) is 11.6 Å². The first-order valence-electron chi connectivity index (χ1n) is 7.28. The third-order valence-corrected chi connectivity index (χ3v) is 4.63. The molecule has 0 bridgehead atoms. The van der Waals surface area contributed by atoms with E-state index in [1.165, 1.54) is 24.3 Å². The molecule has 3 rings (SSSR count). The van der Waals surface area contributed by atoms with E-state index in [1.54, 1.807) is 18.3 Å². The van der Waals surface area contributed by atoms with Gasteiger partial charge >= 0.3 is 0 Å². The SMILES string of the molecule is O=S(=O)(Cc1ccc(F)cc1)Nc1ccc(-c2ccccc2)cn1. The maximum absolute atomic E-state index is 12.9. The molecule has 0 radical (unpaired) electrons. The Labute approximate surface area is 140 Å². The fourth-order valence-electron chi connectivity index (χ4n) is 2.25. The van der Waals surface area contributed by atoms with E-state index >= 15 is 0 Å². The monoisotopic (exact) mass is 342 g/mol. The molecule has 0 aliphatic carbocycles. The summed E-state index contributed by atoms with van der Waals surface area (Å²) >= 11 is 0. The average Bonchev–Trinajstić information content (AvgIpc) is 2.58. The van der Waals surface area contributed by atoms with E-state index in [1.807, 2.05) is 30.3 Å². The van der Waals surface area contributed by atoms with Crippen molar-refractivity contribution in [3.05, 3.63) is 84.3 Å². The number of pyridine rings is 1. The quantitative estimate of drug-likeness (QED) is 0.766. The number of benzene rings is 2. The number of rotatable bonds is 5. The summed E-state index contributed by atoms with van der Waals surface area (Å²) < 4.78 is 39.6. The number of aromatic nitrogens is 1. The van der Waals surface area contributed by atoms with Crippen LogP contribution < -0.4 is 4.72 Å². The summed E-state index contributed by atoms with van der Waals surface area (Å²) in [7, 11) is -3.61. The number of halogens is 1. The van der Waals surface area contributed by atoms with Gasteiger partial charge in [-0.05, 0) is 35.4 Å². The number of sulfonamides is 1. The molecular formula is C18H15FN2O2S. The van der Waals surface area contributed by atoms with Crippen molar-refractivity contribution >= 4 is 15.8 Å². The van der Waals surface area contributed by atoms with E-state index < -0.39 is 15.8 Å². The van der Waals surface area contributed by atoms with Gasteiger partial charge in [-0.2, -0.15) is 0 Å². The Kier molecular flexibility index (Phi) is 4.57. The van der Waals surface area contributed by atoms with Gasteiger partial charge < -0.3 is 0 Å². The van der Waals surface area contributed by atoms with Crippen LogP contribution in [-0.2, 0) is 15.8 Å². The predicted octanol–water partition coefficient (Wildman–Crippen LogP) is 3.83. The van der Waals surface area contributed by atoms with E-state index in [9.17, 15) is 12.8 Å². The van der Waals surface area contributed by atoms with Gasteiger partial charge in [-0.3, -0.25) is 4.72 Å². The summed E-state index contributed by atoms with van der Waals surface area (Å²) in [4.78, 5) is 4.15. The maximum Gasteiger partial charge on any atom is 0.238 e. The Morgan fingerprint density at radius 2 is 1.58 bits per heavy atom. The lowest BCUT2D eigenvalue weighted by Crippen LogP contribution is -2.15. The molecule has 0 aliphatic rings. The molecule has 4 nitrogen and oxygen atoms in total. The van der Waals surface area contributed by atoms with Gasteiger partial charge in [-0.15, -0.1) is 0 Å². The van der Waals surface area contributed by atoms with Gasteiger partial charge in [-0.1, -0.05) is 42.5 Å². The summed E-state index contributed by atoms with van der Waals surface area (Å²) in [5, 5.41) is 0. The van der Waals surface area contributed by atoms with E-state index in [0.717, 1.165) is 11.1 Å². The van der Waals surface area contributed by atoms with Gasteiger partial charge in [0, 0.05) is 11.8 Å². The Balaban J connectivity index is 1.72. The highest BCUT2D eigenvalue weighted by Gasteiger charge is 2.12. The van der Waals surface area contributed by atoms with E-state index in [2.05, 4.69) is 9.71 Å². The molecule has 0 spiro atoms. The molecular weight excluding hydrogens is 327 g/mol. The molecule has 2 aromatic carbocycles. The van der Waals surface area contributed by atoms with Crippen molar-refractivity contribution in [1.29, 1.82) is 0 Å². The van der Waals surface area contributed by atoms with Gasteiger partial charge in [-0.25, -0.2) is 17.8 Å². The van der Waals surface area contributed by atoms with Crippen molar-refractivity contribution in [2.75, 3.05) is 4.72 Å². The van der Waals surface area contributed by atoms with Gasteiger partial charge in [0.15, 0.2) is 0 Å². The second-order valence-corrected chi connectivity index (χ2v) is 7.01. The molecule has 3 aromatic rings. The van der Waals surface area contributed by atoms with Gasteiger partial charge in [0.05, 0.1) is 5.75 Å². The number of anilines is 1. The minimum Gasteiger partial charge on any atom is -0.267 e. The van der Waals surface area contributed by atoms with Crippen LogP contribution in [-0.4, -0.2) is 13.4 Å². The topological polar surface area (TPSA) is 59.1 Å². The van der Waals surface area contributed by atoms with Crippen LogP contribution in [0.3, 0.4) is 0 Å². The summed E-state index contributed by atoms with van der Waals surface area (Å²) in [5.74, 6) is -0.394. The Morgan fingerprint density at radius 3 is 2.21 bits per heavy atom. The maximum atomic E-state index is 12.9. The lowest BCUT2D eigenvalue weighted by atomic mass is 10.1. The molecule has 0 saturated carbocycles. The van der Waals surface area contributed by atoms with E-state index in [0.29, 0.717) is 5.56 Å². The first kappa shape index (κ1) is 16.1. The molecule has 0 saturated heterocycles. The lowest BCUT2D eigenvalue weighted by Gasteiger charge is -2.08. The second kappa shape index (κ2) is 6.80. The number of nitrogens with one attached hydrogen (secondary N) is 1. The number of nitrogens with zero attached hydrogens (tertiary/aromatic N) is 1. The van der Waals surface area contributed by atoms with Crippen LogP contribution in [0.4, 0.5) is 10.2 Å². The third-order valence-electron chi connectivity index (χ3n) is 3.40. The van der Waals surface area contributed by atoms with Gasteiger partial charge in [0.25, 0.3) is 0 Å². The van der Waals surface area contributed by atoms with Crippen LogP contribution in [0.25, 0.3) is 11.1 Å². The molecule has 122 valence electrons. The Hall–Kier alpha value is -2.73. The molecule has 0 unspecified atom stereocenters. The van der Waals surface area contributed by atoms with Crippen molar-refractivity contribution in [1.82, 2.24) is 4.98 Å². The van der Waals surface area contributed by atoms with Gasteiger partial charge in [0.1, 0.15) is 11.6 Å². The molecule has 0 atom stereocenters. The highest BCUT2D eigenvalue weighted by Crippen LogP contribution is 2.19. The molecule has 6 heteroatoms. The van der Waals surface area contributed by atoms with Crippen LogP contribution in [0.2, 0.25) is 0 Å². The Morgan fingerprint density at radius 1 is 0.875 bits per heavy atom. The number of hydrogen-bond donors (Lipinski definition) is 1. The number of hydrogen-bond acceptors (Lipinski definition) is 3. The minimum absolute atomic E-state index is 0.241. The highest BCUT2D eigenvalue weighted by molar-refractivity contribution is 7.91. The highest BCUT2D eigenvalue weighted by atomic mass is 32.2. The van der Waals surface area contributed by atoms with Crippen molar-refractivity contribution < 1.29 is 12.8 Å². The first-order valence-corrected chi connectivity index (χ1v) is 8.93. The van der Waals surface area contributed by atoms with Crippen LogP contribution in [0.15, 0.2) is 72.9 Å². The molecule has 1 aromatic heterocycles. The van der Waals surface area contributed by atoms with Crippen LogP contribution >= 0.6 is 0 Å². The molecule has 0 fully saturated rings. The van der Waals surface area contributed by atoms with Crippen LogP contribution in [0.1, 0.15) is 5.56 Å². The largest absolute Gasteiger partial charge is 0.267 e. The zero-order chi connectivity index (χ0) is 17.0. The normalized spacial score (nSPS) is 11.2. The predicted molar refractivity (Wildman–Crippen MR) is 92.3 cm³/mol. The van der Waals surface area contributed by atoms with Crippen molar-refractivity contribution in [2.24, 2.45) is 0 Å². The molecule has 0 amide bonds. The molecule has 0 aliphatic heterocycles. The molecule has 1 heterocycles. The van der Waals surface area contributed by atoms with Crippen LogP contribution in [0.5, 0.6) is 0 Å². The van der Waals surface area contributed by atoms with Crippen molar-refractivity contribution in [3.8, 4) is 11.1 Å². The Bertz CT molecular complexity index is 909. The second-order valence-electron chi connectivity index (χ2n) is 5.29. The molecule has 1 N–H and O–H groups in total. The van der Waals surface area contributed by atoms with Gasteiger partial charge in [0.2, 0.25) is 10.0 Å². The zero-order valence-electron chi connectivity index (χ0n) is 12.7. The standard InChI is InChI=1S/C18H15FN2O2S/c19-17-9-6-14(7-10-17)13-24(22,23)21-18-11-8-16(12-20-18)15-4-2-1-3-5-15/h1-12H,13H2,(H,20,21). The zero-order valence-corrected chi connectivity index (χ0v) is 13.5. The summed E-state index contributed by atoms with van der Waals surface area (Å²) in [6, 6.07) is 18.5. The lowest BCUT2D eigenvalue weighted by molar-refractivity contribution is 0.599. The molecule has 24 heavy (non-hydrogen) atoms. The van der Waals surface area contributed by atoms with Crippen molar-refractivity contribution in [3.63, 3.8) is 0 Å². The smallest absolute Gasteiger partial charge is 0.238 e. The summed E-state index contributed by atoms with van der Waals surface area (Å²) in [6.07, 6.45) is 1.62. The third kappa shape index (κ3) is 4.17.